The molecule has 0 unspecified atom stereocenters. The molecule has 0 aliphatic heterocycles. The molecule has 0 spiro atoms. The maximum atomic E-state index is 12.0. The van der Waals surface area contributed by atoms with E-state index < -0.39 is 12.8 Å². The predicted molar refractivity (Wildman–Crippen MR) is 89.4 cm³/mol. The van der Waals surface area contributed by atoms with Crippen molar-refractivity contribution in [2.75, 3.05) is 13.2 Å². The summed E-state index contributed by atoms with van der Waals surface area (Å²) in [5, 5.41) is 2.96. The fourth-order valence-electron chi connectivity index (χ4n) is 1.29. The van der Waals surface area contributed by atoms with Crippen LogP contribution in [0.25, 0.3) is 0 Å². The van der Waals surface area contributed by atoms with Crippen LogP contribution in [0, 0.1) is 5.92 Å². The van der Waals surface area contributed by atoms with Gasteiger partial charge in [0.1, 0.15) is 0 Å². The number of alkyl halides is 3. The molecule has 9 heteroatoms. The number of rotatable bonds is 6. The molecule has 0 aliphatic carbocycles. The van der Waals surface area contributed by atoms with Gasteiger partial charge in [0.2, 0.25) is 5.88 Å². The molecule has 22 heavy (non-hydrogen) atoms. The number of aromatic nitrogens is 1. The van der Waals surface area contributed by atoms with Gasteiger partial charge in [0.25, 0.3) is 0 Å². The Hall–Kier alpha value is -1.26. The van der Waals surface area contributed by atoms with Crippen LogP contribution < -0.4 is 15.8 Å². The summed E-state index contributed by atoms with van der Waals surface area (Å²) < 4.78 is 40.4. The van der Waals surface area contributed by atoms with Crippen molar-refractivity contribution in [1.82, 2.24) is 10.3 Å². The summed E-state index contributed by atoms with van der Waals surface area (Å²) in [6.45, 7) is 3.75. The molecule has 0 saturated carbocycles. The van der Waals surface area contributed by atoms with Gasteiger partial charge < -0.3 is 15.8 Å². The minimum atomic E-state index is -4.37. The van der Waals surface area contributed by atoms with E-state index in [1.165, 1.54) is 12.3 Å². The molecule has 0 aliphatic rings. The van der Waals surface area contributed by atoms with Crippen molar-refractivity contribution in [2.24, 2.45) is 16.6 Å². The number of hydrogen-bond acceptors (Lipinski definition) is 3. The van der Waals surface area contributed by atoms with E-state index in [0.717, 1.165) is 12.1 Å². The molecule has 1 heterocycles. The molecule has 126 valence electrons. The van der Waals surface area contributed by atoms with E-state index in [-0.39, 0.29) is 29.9 Å². The number of nitrogens with two attached hydrogens (primary N) is 1. The standard InChI is InChI=1S/C13H19F3N4O.HI/c1-9(2)5-19-12(17)20-7-10-3-4-11(18-6-10)21-8-13(14,15)16;/h3-4,6,9H,5,7-8H2,1-2H3,(H3,17,19,20);1H. The lowest BCUT2D eigenvalue weighted by molar-refractivity contribution is -0.154. The molecule has 3 N–H and O–H groups in total. The average Bonchev–Trinajstić information content (AvgIpc) is 2.41. The number of hydrogen-bond donors (Lipinski definition) is 2. The molecule has 0 radical (unpaired) electrons. The van der Waals surface area contributed by atoms with Crippen LogP contribution in [0.2, 0.25) is 0 Å². The SMILES string of the molecule is CC(C)CNC(N)=NCc1ccc(OCC(F)(F)F)nc1.I. The quantitative estimate of drug-likeness (QED) is 0.412. The van der Waals surface area contributed by atoms with Crippen molar-refractivity contribution in [3.8, 4) is 5.88 Å². The van der Waals surface area contributed by atoms with Gasteiger partial charge in [-0.25, -0.2) is 9.98 Å². The highest BCUT2D eigenvalue weighted by molar-refractivity contribution is 14.0. The van der Waals surface area contributed by atoms with Crippen molar-refractivity contribution in [2.45, 2.75) is 26.6 Å². The van der Waals surface area contributed by atoms with Gasteiger partial charge in [-0.15, -0.1) is 24.0 Å². The summed E-state index contributed by atoms with van der Waals surface area (Å²) in [7, 11) is 0. The molecule has 0 saturated heterocycles. The van der Waals surface area contributed by atoms with Crippen LogP contribution in [0.15, 0.2) is 23.3 Å². The van der Waals surface area contributed by atoms with E-state index >= 15 is 0 Å². The van der Waals surface area contributed by atoms with Crippen molar-refractivity contribution >= 4 is 29.9 Å². The normalized spacial score (nSPS) is 12.0. The largest absolute Gasteiger partial charge is 0.468 e. The second kappa shape index (κ2) is 9.70. The molecule has 1 aromatic rings. The Morgan fingerprint density at radius 3 is 2.59 bits per heavy atom. The van der Waals surface area contributed by atoms with Crippen LogP contribution in [-0.4, -0.2) is 30.3 Å². The molecule has 0 bridgehead atoms. The molecule has 5 nitrogen and oxygen atoms in total. The van der Waals surface area contributed by atoms with Crippen LogP contribution in [0.5, 0.6) is 5.88 Å². The van der Waals surface area contributed by atoms with Gasteiger partial charge in [-0.05, 0) is 11.5 Å². The smallest absolute Gasteiger partial charge is 0.422 e. The number of guanidine groups is 1. The van der Waals surface area contributed by atoms with Crippen LogP contribution in [0.3, 0.4) is 0 Å². The fourth-order valence-corrected chi connectivity index (χ4v) is 1.29. The van der Waals surface area contributed by atoms with E-state index in [1.54, 1.807) is 6.07 Å². The summed E-state index contributed by atoms with van der Waals surface area (Å²) in [5.74, 6) is 0.692. The maximum Gasteiger partial charge on any atom is 0.422 e. The lowest BCUT2D eigenvalue weighted by atomic mass is 10.2. The average molecular weight is 432 g/mol. The molecule has 0 aromatic carbocycles. The summed E-state index contributed by atoms with van der Waals surface area (Å²) in [6.07, 6.45) is -2.97. The molecule has 0 amide bonds. The van der Waals surface area contributed by atoms with E-state index in [2.05, 4.69) is 20.0 Å². The highest BCUT2D eigenvalue weighted by atomic mass is 127. The van der Waals surface area contributed by atoms with Crippen molar-refractivity contribution in [3.63, 3.8) is 0 Å². The zero-order valence-electron chi connectivity index (χ0n) is 12.4. The van der Waals surface area contributed by atoms with Gasteiger partial charge in [0.05, 0.1) is 6.54 Å². The number of aliphatic imine (C=N–C) groups is 1. The third kappa shape index (κ3) is 9.64. The zero-order valence-corrected chi connectivity index (χ0v) is 14.7. The van der Waals surface area contributed by atoms with Gasteiger partial charge in [-0.3, -0.25) is 0 Å². The van der Waals surface area contributed by atoms with Gasteiger partial charge in [0, 0.05) is 18.8 Å². The fraction of sp³-hybridized carbons (Fsp3) is 0.538. The zero-order chi connectivity index (χ0) is 15.9. The number of ether oxygens (including phenoxy) is 1. The van der Waals surface area contributed by atoms with E-state index in [0.29, 0.717) is 18.4 Å². The molecule has 1 aromatic heterocycles. The molecular weight excluding hydrogens is 412 g/mol. The summed E-state index contributed by atoms with van der Waals surface area (Å²) in [6, 6.07) is 2.96. The molecular formula is C13H20F3IN4O. The van der Waals surface area contributed by atoms with Crippen LogP contribution in [0.1, 0.15) is 19.4 Å². The van der Waals surface area contributed by atoms with Gasteiger partial charge in [-0.1, -0.05) is 19.9 Å². The Kier molecular flexibility index (Phi) is 9.14. The van der Waals surface area contributed by atoms with Gasteiger partial charge >= 0.3 is 6.18 Å². The molecule has 0 fully saturated rings. The third-order valence-electron chi connectivity index (χ3n) is 2.30. The highest BCUT2D eigenvalue weighted by Gasteiger charge is 2.28. The Balaban J connectivity index is 0.00000441. The van der Waals surface area contributed by atoms with E-state index in [1.807, 2.05) is 13.8 Å². The van der Waals surface area contributed by atoms with E-state index in [9.17, 15) is 13.2 Å². The van der Waals surface area contributed by atoms with Gasteiger partial charge in [-0.2, -0.15) is 13.2 Å². The number of nitrogens with zero attached hydrogens (tertiary/aromatic N) is 2. The van der Waals surface area contributed by atoms with Crippen LogP contribution in [0.4, 0.5) is 13.2 Å². The minimum Gasteiger partial charge on any atom is -0.468 e. The second-order valence-corrected chi connectivity index (χ2v) is 4.88. The summed E-state index contributed by atoms with van der Waals surface area (Å²) in [5.41, 5.74) is 6.39. The minimum absolute atomic E-state index is 0. The van der Waals surface area contributed by atoms with Gasteiger partial charge in [0.15, 0.2) is 12.6 Å². The Morgan fingerprint density at radius 2 is 2.09 bits per heavy atom. The van der Waals surface area contributed by atoms with Crippen molar-refractivity contribution in [1.29, 1.82) is 0 Å². The van der Waals surface area contributed by atoms with Crippen LogP contribution >= 0.6 is 24.0 Å². The monoisotopic (exact) mass is 432 g/mol. The summed E-state index contributed by atoms with van der Waals surface area (Å²) >= 11 is 0. The first-order chi connectivity index (χ1) is 9.76. The summed E-state index contributed by atoms with van der Waals surface area (Å²) in [4.78, 5) is 7.88. The van der Waals surface area contributed by atoms with Crippen molar-refractivity contribution in [3.05, 3.63) is 23.9 Å². The Labute approximate surface area is 144 Å². The molecule has 1 rings (SSSR count). The maximum absolute atomic E-state index is 12.0. The topological polar surface area (TPSA) is 72.5 Å². The first kappa shape index (κ1) is 20.7. The Morgan fingerprint density at radius 1 is 1.41 bits per heavy atom. The first-order valence-electron chi connectivity index (χ1n) is 6.44. The van der Waals surface area contributed by atoms with Crippen LogP contribution in [-0.2, 0) is 6.54 Å². The first-order valence-corrected chi connectivity index (χ1v) is 6.44. The number of pyridine rings is 1. The molecule has 0 atom stereocenters. The second-order valence-electron chi connectivity index (χ2n) is 4.88. The lowest BCUT2D eigenvalue weighted by Gasteiger charge is -2.09. The highest BCUT2D eigenvalue weighted by Crippen LogP contribution is 2.17. The predicted octanol–water partition coefficient (Wildman–Crippen LogP) is 2.70. The third-order valence-corrected chi connectivity index (χ3v) is 2.30. The Bertz CT molecular complexity index is 463. The number of nitrogens with one attached hydrogen (secondary N) is 1. The van der Waals surface area contributed by atoms with E-state index in [4.69, 9.17) is 5.73 Å². The van der Waals surface area contributed by atoms with Crippen molar-refractivity contribution < 1.29 is 17.9 Å². The lowest BCUT2D eigenvalue weighted by Crippen LogP contribution is -2.34. The number of halogens is 4.